The van der Waals surface area contributed by atoms with Crippen molar-refractivity contribution in [2.24, 2.45) is 0 Å². The summed E-state index contributed by atoms with van der Waals surface area (Å²) in [5.41, 5.74) is 2.65. The SMILES string of the molecule is O=c1c2ccccc2nc(SCc2ccc(Cl)cc2Cl)n1Cc1ccccc1. The van der Waals surface area contributed by atoms with Gasteiger partial charge in [-0.3, -0.25) is 9.36 Å². The van der Waals surface area contributed by atoms with Crippen LogP contribution in [0.1, 0.15) is 11.1 Å². The number of halogens is 2. The highest BCUT2D eigenvalue weighted by Gasteiger charge is 2.13. The van der Waals surface area contributed by atoms with Crippen LogP contribution in [-0.2, 0) is 12.3 Å². The molecule has 0 N–H and O–H groups in total. The van der Waals surface area contributed by atoms with E-state index >= 15 is 0 Å². The van der Waals surface area contributed by atoms with E-state index in [1.807, 2.05) is 66.7 Å². The molecule has 0 aliphatic heterocycles. The lowest BCUT2D eigenvalue weighted by molar-refractivity contribution is 0.658. The summed E-state index contributed by atoms with van der Waals surface area (Å²) in [6, 6.07) is 22.8. The first-order chi connectivity index (χ1) is 13.6. The Bertz CT molecular complexity index is 1190. The molecule has 0 amide bonds. The summed E-state index contributed by atoms with van der Waals surface area (Å²) < 4.78 is 1.73. The van der Waals surface area contributed by atoms with Crippen LogP contribution in [0.15, 0.2) is 82.7 Å². The van der Waals surface area contributed by atoms with E-state index in [-0.39, 0.29) is 5.56 Å². The second-order valence-electron chi connectivity index (χ2n) is 6.31. The average Bonchev–Trinajstić information content (AvgIpc) is 2.71. The number of fused-ring (bicyclic) bond motifs is 1. The fourth-order valence-electron chi connectivity index (χ4n) is 2.94. The summed E-state index contributed by atoms with van der Waals surface area (Å²) in [6.07, 6.45) is 0. The van der Waals surface area contributed by atoms with Gasteiger partial charge in [0.05, 0.1) is 17.4 Å². The molecule has 0 spiro atoms. The molecule has 0 atom stereocenters. The second kappa shape index (κ2) is 8.39. The third kappa shape index (κ3) is 4.09. The second-order valence-corrected chi connectivity index (χ2v) is 8.10. The fraction of sp³-hybridized carbons (Fsp3) is 0.0909. The van der Waals surface area contributed by atoms with Crippen LogP contribution < -0.4 is 5.56 Å². The molecule has 0 bridgehead atoms. The quantitative estimate of drug-likeness (QED) is 0.288. The molecule has 3 nitrogen and oxygen atoms in total. The van der Waals surface area contributed by atoms with Gasteiger partial charge in [0, 0.05) is 15.8 Å². The fourth-order valence-corrected chi connectivity index (χ4v) is 4.50. The van der Waals surface area contributed by atoms with Gasteiger partial charge in [-0.05, 0) is 35.4 Å². The smallest absolute Gasteiger partial charge is 0.262 e. The van der Waals surface area contributed by atoms with Crippen LogP contribution in [0.25, 0.3) is 10.9 Å². The number of aromatic nitrogens is 2. The van der Waals surface area contributed by atoms with Crippen LogP contribution in [0.5, 0.6) is 0 Å². The topological polar surface area (TPSA) is 34.9 Å². The molecule has 0 radical (unpaired) electrons. The first kappa shape index (κ1) is 19.1. The highest BCUT2D eigenvalue weighted by atomic mass is 35.5. The van der Waals surface area contributed by atoms with Crippen LogP contribution in [0, 0.1) is 0 Å². The minimum atomic E-state index is -0.0424. The van der Waals surface area contributed by atoms with Crippen LogP contribution in [0.4, 0.5) is 0 Å². The molecule has 0 saturated carbocycles. The number of rotatable bonds is 5. The van der Waals surface area contributed by atoms with E-state index in [1.165, 1.54) is 11.8 Å². The molecule has 1 aromatic heterocycles. The lowest BCUT2D eigenvalue weighted by Gasteiger charge is -2.14. The van der Waals surface area contributed by atoms with Crippen molar-refractivity contribution in [3.8, 4) is 0 Å². The van der Waals surface area contributed by atoms with Crippen molar-refractivity contribution in [2.45, 2.75) is 17.5 Å². The highest BCUT2D eigenvalue weighted by Crippen LogP contribution is 2.28. The summed E-state index contributed by atoms with van der Waals surface area (Å²) in [4.78, 5) is 17.9. The number of hydrogen-bond donors (Lipinski definition) is 0. The number of hydrogen-bond acceptors (Lipinski definition) is 3. The van der Waals surface area contributed by atoms with Crippen molar-refractivity contribution in [1.29, 1.82) is 0 Å². The Morgan fingerprint density at radius 3 is 2.46 bits per heavy atom. The van der Waals surface area contributed by atoms with Gasteiger partial charge in [0.2, 0.25) is 0 Å². The summed E-state index contributed by atoms with van der Waals surface area (Å²) in [5, 5.41) is 2.49. The molecule has 6 heteroatoms. The van der Waals surface area contributed by atoms with Gasteiger partial charge < -0.3 is 0 Å². The van der Waals surface area contributed by atoms with E-state index in [2.05, 4.69) is 0 Å². The van der Waals surface area contributed by atoms with Crippen LogP contribution >= 0.6 is 35.0 Å². The van der Waals surface area contributed by atoms with Crippen LogP contribution in [0.3, 0.4) is 0 Å². The Kier molecular flexibility index (Phi) is 5.72. The molecule has 0 fully saturated rings. The maximum absolute atomic E-state index is 13.1. The van der Waals surface area contributed by atoms with E-state index in [0.29, 0.717) is 38.4 Å². The van der Waals surface area contributed by atoms with Gasteiger partial charge in [0.15, 0.2) is 5.16 Å². The van der Waals surface area contributed by atoms with Crippen LogP contribution in [0.2, 0.25) is 10.0 Å². The van der Waals surface area contributed by atoms with Crippen molar-refractivity contribution in [1.82, 2.24) is 9.55 Å². The minimum Gasteiger partial charge on any atom is -0.283 e. The number of thioether (sulfide) groups is 1. The largest absolute Gasteiger partial charge is 0.283 e. The minimum absolute atomic E-state index is 0.0424. The zero-order valence-corrected chi connectivity index (χ0v) is 17.1. The van der Waals surface area contributed by atoms with Gasteiger partial charge in [0.1, 0.15) is 0 Å². The average molecular weight is 427 g/mol. The molecule has 140 valence electrons. The maximum Gasteiger partial charge on any atom is 0.262 e. The van der Waals surface area contributed by atoms with E-state index in [4.69, 9.17) is 28.2 Å². The third-order valence-electron chi connectivity index (χ3n) is 4.38. The number of nitrogens with zero attached hydrogens (tertiary/aromatic N) is 2. The summed E-state index contributed by atoms with van der Waals surface area (Å²) in [7, 11) is 0. The molecule has 0 saturated heterocycles. The monoisotopic (exact) mass is 426 g/mol. The summed E-state index contributed by atoms with van der Waals surface area (Å²) >= 11 is 13.8. The van der Waals surface area contributed by atoms with Crippen molar-refractivity contribution in [3.05, 3.63) is 104 Å². The van der Waals surface area contributed by atoms with Gasteiger partial charge in [-0.15, -0.1) is 0 Å². The predicted octanol–water partition coefficient (Wildman–Crippen LogP) is 6.04. The van der Waals surface area contributed by atoms with Gasteiger partial charge in [-0.25, -0.2) is 4.98 Å². The Balaban J connectivity index is 1.74. The molecular weight excluding hydrogens is 411 g/mol. The Labute approximate surface area is 176 Å². The Morgan fingerprint density at radius 2 is 1.68 bits per heavy atom. The maximum atomic E-state index is 13.1. The zero-order chi connectivity index (χ0) is 19.5. The molecule has 4 rings (SSSR count). The molecule has 0 aliphatic rings. The van der Waals surface area contributed by atoms with E-state index in [9.17, 15) is 4.79 Å². The van der Waals surface area contributed by atoms with E-state index in [1.54, 1.807) is 10.6 Å². The number of para-hydroxylation sites is 1. The Hall–Kier alpha value is -2.27. The number of benzene rings is 3. The van der Waals surface area contributed by atoms with E-state index in [0.717, 1.165) is 11.1 Å². The van der Waals surface area contributed by atoms with Crippen molar-refractivity contribution in [2.75, 3.05) is 0 Å². The highest BCUT2D eigenvalue weighted by molar-refractivity contribution is 7.98. The summed E-state index contributed by atoms with van der Waals surface area (Å²) in [5.74, 6) is 0.593. The van der Waals surface area contributed by atoms with Gasteiger partial charge >= 0.3 is 0 Å². The van der Waals surface area contributed by atoms with Gasteiger partial charge in [-0.2, -0.15) is 0 Å². The zero-order valence-electron chi connectivity index (χ0n) is 14.8. The summed E-state index contributed by atoms with van der Waals surface area (Å²) in [6.45, 7) is 0.466. The normalized spacial score (nSPS) is 11.1. The van der Waals surface area contributed by atoms with Gasteiger partial charge in [0.25, 0.3) is 5.56 Å². The Morgan fingerprint density at radius 1 is 0.929 bits per heavy atom. The molecule has 0 unspecified atom stereocenters. The predicted molar refractivity (Wildman–Crippen MR) is 118 cm³/mol. The van der Waals surface area contributed by atoms with Gasteiger partial charge in [-0.1, -0.05) is 83.5 Å². The molecule has 4 aromatic rings. The van der Waals surface area contributed by atoms with Crippen molar-refractivity contribution in [3.63, 3.8) is 0 Å². The molecule has 0 aliphatic carbocycles. The lowest BCUT2D eigenvalue weighted by atomic mass is 10.2. The molecule has 3 aromatic carbocycles. The molecule has 28 heavy (non-hydrogen) atoms. The van der Waals surface area contributed by atoms with Crippen LogP contribution in [-0.4, -0.2) is 9.55 Å². The van der Waals surface area contributed by atoms with E-state index < -0.39 is 0 Å². The molecule has 1 heterocycles. The standard InChI is InChI=1S/C22H16Cl2N2OS/c23-17-11-10-16(19(24)12-17)14-28-22-25-20-9-5-4-8-18(20)21(27)26(22)13-15-6-2-1-3-7-15/h1-12H,13-14H2. The first-order valence-electron chi connectivity index (χ1n) is 8.72. The molecular formula is C22H16Cl2N2OS. The lowest BCUT2D eigenvalue weighted by Crippen LogP contribution is -2.24. The first-order valence-corrected chi connectivity index (χ1v) is 10.5. The third-order valence-corrected chi connectivity index (χ3v) is 5.99. The van der Waals surface area contributed by atoms with Crippen molar-refractivity contribution >= 4 is 45.9 Å². The van der Waals surface area contributed by atoms with Crippen molar-refractivity contribution < 1.29 is 0 Å².